The monoisotopic (exact) mass is 469 g/mol. The number of anilines is 1. The van der Waals surface area contributed by atoms with Gasteiger partial charge >= 0.3 is 0 Å². The van der Waals surface area contributed by atoms with E-state index >= 15 is 0 Å². The lowest BCUT2D eigenvalue weighted by atomic mass is 9.84. The summed E-state index contributed by atoms with van der Waals surface area (Å²) < 4.78 is 30.2. The van der Waals surface area contributed by atoms with Crippen LogP contribution in [0.2, 0.25) is 0 Å². The molecule has 0 saturated heterocycles. The molecule has 0 bridgehead atoms. The fraction of sp³-hybridized carbons (Fsp3) is 0.375. The lowest BCUT2D eigenvalue weighted by molar-refractivity contribution is -0.125. The molecule has 33 heavy (non-hydrogen) atoms. The van der Waals surface area contributed by atoms with Crippen molar-refractivity contribution in [3.63, 3.8) is 0 Å². The number of hydrogen-bond donors (Lipinski definition) is 2. The number of aryl methyl sites for hydroxylation is 2. The van der Waals surface area contributed by atoms with Crippen LogP contribution in [0.5, 0.6) is 0 Å². The van der Waals surface area contributed by atoms with Gasteiger partial charge in [0, 0.05) is 36.7 Å². The zero-order chi connectivity index (χ0) is 24.4. The Bertz CT molecular complexity index is 1250. The zero-order valence-corrected chi connectivity index (χ0v) is 20.7. The fourth-order valence-corrected chi connectivity index (χ4v) is 4.45. The molecular formula is C24H31N5O3S. The number of pyridine rings is 1. The topological polar surface area (TPSA) is 106 Å². The third-order valence-electron chi connectivity index (χ3n) is 5.48. The molecular weight excluding hydrogens is 438 g/mol. The maximum atomic E-state index is 12.9. The van der Waals surface area contributed by atoms with E-state index in [1.807, 2.05) is 34.0 Å². The second-order valence-corrected chi connectivity index (χ2v) is 10.7. The summed E-state index contributed by atoms with van der Waals surface area (Å²) in [7, 11) is -1.97. The Morgan fingerprint density at radius 2 is 1.82 bits per heavy atom. The molecule has 0 aliphatic rings. The molecule has 0 radical (unpaired) electrons. The molecule has 0 spiro atoms. The predicted octanol–water partition coefficient (Wildman–Crippen LogP) is 3.64. The first-order valence-electron chi connectivity index (χ1n) is 10.8. The molecule has 0 aliphatic carbocycles. The predicted molar refractivity (Wildman–Crippen MR) is 128 cm³/mol. The Balaban J connectivity index is 1.74. The van der Waals surface area contributed by atoms with Gasteiger partial charge in [0.1, 0.15) is 0 Å². The highest BCUT2D eigenvalue weighted by Gasteiger charge is 2.30. The van der Waals surface area contributed by atoms with E-state index < -0.39 is 15.4 Å². The first-order valence-corrected chi connectivity index (χ1v) is 12.2. The molecule has 1 aromatic carbocycles. The number of carbonyl (C=O) groups is 1. The van der Waals surface area contributed by atoms with Crippen LogP contribution in [0, 0.1) is 6.92 Å². The van der Waals surface area contributed by atoms with Crippen LogP contribution in [0.25, 0.3) is 0 Å². The summed E-state index contributed by atoms with van der Waals surface area (Å²) in [6, 6.07) is 9.84. The first kappa shape index (κ1) is 24.4. The van der Waals surface area contributed by atoms with Crippen molar-refractivity contribution >= 4 is 21.6 Å². The third kappa shape index (κ3) is 5.78. The van der Waals surface area contributed by atoms with Crippen molar-refractivity contribution in [2.45, 2.75) is 57.4 Å². The van der Waals surface area contributed by atoms with Crippen LogP contribution in [-0.4, -0.2) is 29.1 Å². The molecule has 0 atom stereocenters. The molecule has 8 nitrogen and oxygen atoms in total. The Labute approximate surface area is 195 Å². The van der Waals surface area contributed by atoms with Gasteiger partial charge in [0.15, 0.2) is 0 Å². The van der Waals surface area contributed by atoms with Gasteiger partial charge in [-0.1, -0.05) is 26.0 Å². The summed E-state index contributed by atoms with van der Waals surface area (Å²) in [5.74, 6) is 0.0209. The van der Waals surface area contributed by atoms with Gasteiger partial charge in [-0.3, -0.25) is 19.2 Å². The summed E-state index contributed by atoms with van der Waals surface area (Å²) in [6.07, 6.45) is 3.54. The molecule has 9 heteroatoms. The largest absolute Gasteiger partial charge is 0.351 e. The third-order valence-corrected chi connectivity index (χ3v) is 6.88. The van der Waals surface area contributed by atoms with Crippen LogP contribution in [0.15, 0.2) is 53.7 Å². The fourth-order valence-electron chi connectivity index (χ4n) is 3.41. The quantitative estimate of drug-likeness (QED) is 0.524. The van der Waals surface area contributed by atoms with Crippen molar-refractivity contribution in [3.05, 3.63) is 71.3 Å². The van der Waals surface area contributed by atoms with Gasteiger partial charge in [0.2, 0.25) is 5.91 Å². The average Bonchev–Trinajstić information content (AvgIpc) is 3.16. The standard InChI is InChI=1S/C24H31N5O3S/c1-16(2)22-12-20(11-17(3)27-22)28-33(31,32)21-9-7-19(8-10-21)24(4,5)23(30)25-13-18-14-26-29(6)15-18/h7-12,14-16H,13H2,1-6H3,(H,25,30)(H,27,28). The Morgan fingerprint density at radius 3 is 2.39 bits per heavy atom. The van der Waals surface area contributed by atoms with Crippen molar-refractivity contribution in [3.8, 4) is 0 Å². The van der Waals surface area contributed by atoms with Crippen LogP contribution < -0.4 is 10.0 Å². The average molecular weight is 470 g/mol. The first-order chi connectivity index (χ1) is 15.4. The van der Waals surface area contributed by atoms with Gasteiger partial charge in [-0.2, -0.15) is 5.10 Å². The van der Waals surface area contributed by atoms with E-state index in [-0.39, 0.29) is 16.7 Å². The number of nitrogens with zero attached hydrogens (tertiary/aromatic N) is 3. The van der Waals surface area contributed by atoms with Gasteiger partial charge in [0.05, 0.1) is 22.2 Å². The number of amides is 1. The highest BCUT2D eigenvalue weighted by molar-refractivity contribution is 7.92. The molecule has 0 fully saturated rings. The van der Waals surface area contributed by atoms with Crippen LogP contribution >= 0.6 is 0 Å². The summed E-state index contributed by atoms with van der Waals surface area (Å²) in [5, 5.41) is 7.01. The zero-order valence-electron chi connectivity index (χ0n) is 19.9. The molecule has 3 rings (SSSR count). The van der Waals surface area contributed by atoms with E-state index in [9.17, 15) is 13.2 Å². The number of sulfonamides is 1. The maximum absolute atomic E-state index is 12.9. The van der Waals surface area contributed by atoms with Gasteiger partial charge in [-0.15, -0.1) is 0 Å². The maximum Gasteiger partial charge on any atom is 0.261 e. The smallest absolute Gasteiger partial charge is 0.261 e. The molecule has 176 valence electrons. The van der Waals surface area contributed by atoms with Crippen molar-refractivity contribution in [2.75, 3.05) is 4.72 Å². The second-order valence-electron chi connectivity index (χ2n) is 9.04. The summed E-state index contributed by atoms with van der Waals surface area (Å²) in [4.78, 5) is 17.4. The summed E-state index contributed by atoms with van der Waals surface area (Å²) in [6.45, 7) is 9.83. The minimum Gasteiger partial charge on any atom is -0.351 e. The highest BCUT2D eigenvalue weighted by Crippen LogP contribution is 2.26. The normalized spacial score (nSPS) is 12.1. The van der Waals surface area contributed by atoms with E-state index in [0.29, 0.717) is 17.8 Å². The molecule has 1 amide bonds. The Hall–Kier alpha value is -3.20. The molecule has 0 aliphatic heterocycles. The number of aromatic nitrogens is 3. The van der Waals surface area contributed by atoms with Crippen LogP contribution in [0.4, 0.5) is 5.69 Å². The lowest BCUT2D eigenvalue weighted by Gasteiger charge is -2.24. The minimum absolute atomic E-state index is 0.124. The molecule has 3 aromatic rings. The van der Waals surface area contributed by atoms with Gasteiger partial charge in [-0.05, 0) is 56.5 Å². The summed E-state index contributed by atoms with van der Waals surface area (Å²) in [5.41, 5.74) is 2.82. The number of hydrogen-bond acceptors (Lipinski definition) is 5. The number of nitrogens with one attached hydrogen (secondary N) is 2. The van der Waals surface area contributed by atoms with Crippen molar-refractivity contribution in [1.29, 1.82) is 0 Å². The number of benzene rings is 1. The van der Waals surface area contributed by atoms with Crippen LogP contribution in [-0.2, 0) is 33.8 Å². The van der Waals surface area contributed by atoms with E-state index in [4.69, 9.17) is 0 Å². The van der Waals surface area contributed by atoms with E-state index in [1.54, 1.807) is 49.0 Å². The molecule has 0 saturated carbocycles. The van der Waals surface area contributed by atoms with E-state index in [2.05, 4.69) is 20.1 Å². The van der Waals surface area contributed by atoms with E-state index in [1.165, 1.54) is 12.1 Å². The van der Waals surface area contributed by atoms with Gasteiger partial charge in [0.25, 0.3) is 10.0 Å². The van der Waals surface area contributed by atoms with Gasteiger partial charge in [-0.25, -0.2) is 8.42 Å². The van der Waals surface area contributed by atoms with Crippen molar-refractivity contribution in [2.24, 2.45) is 7.05 Å². The minimum atomic E-state index is -3.79. The highest BCUT2D eigenvalue weighted by atomic mass is 32.2. The number of carbonyl (C=O) groups excluding carboxylic acids is 1. The summed E-state index contributed by atoms with van der Waals surface area (Å²) >= 11 is 0. The van der Waals surface area contributed by atoms with Crippen LogP contribution in [0.3, 0.4) is 0 Å². The van der Waals surface area contributed by atoms with Crippen molar-refractivity contribution < 1.29 is 13.2 Å². The Kier molecular flexibility index (Phi) is 6.92. The SMILES string of the molecule is Cc1cc(NS(=O)(=O)c2ccc(C(C)(C)C(=O)NCc3cnn(C)c3)cc2)cc(C(C)C)n1. The Morgan fingerprint density at radius 1 is 1.15 bits per heavy atom. The molecule has 2 aromatic heterocycles. The van der Waals surface area contributed by atoms with Crippen LogP contribution in [0.1, 0.15) is 56.1 Å². The molecule has 2 N–H and O–H groups in total. The van der Waals surface area contributed by atoms with Gasteiger partial charge < -0.3 is 5.32 Å². The second kappa shape index (κ2) is 9.35. The lowest BCUT2D eigenvalue weighted by Crippen LogP contribution is -2.39. The molecule has 0 unspecified atom stereocenters. The van der Waals surface area contributed by atoms with E-state index in [0.717, 1.165) is 17.0 Å². The van der Waals surface area contributed by atoms with Crippen molar-refractivity contribution in [1.82, 2.24) is 20.1 Å². The number of rotatable bonds is 8. The molecule has 2 heterocycles.